The molecule has 240 valence electrons. The van der Waals surface area contributed by atoms with E-state index in [1.165, 1.54) is 6.20 Å². The van der Waals surface area contributed by atoms with E-state index in [0.29, 0.717) is 40.2 Å². The third kappa shape index (κ3) is 5.49. The van der Waals surface area contributed by atoms with Crippen LogP contribution in [0.3, 0.4) is 0 Å². The number of rotatable bonds is 8. The highest BCUT2D eigenvalue weighted by molar-refractivity contribution is 5.96. The Morgan fingerprint density at radius 2 is 1.77 bits per heavy atom. The van der Waals surface area contributed by atoms with Crippen molar-refractivity contribution in [2.45, 2.75) is 50.1 Å². The predicted octanol–water partition coefficient (Wildman–Crippen LogP) is 4.65. The van der Waals surface area contributed by atoms with Gasteiger partial charge in [-0.15, -0.1) is 10.2 Å². The molecular formula is C32H28F3N9O3. The van der Waals surface area contributed by atoms with Gasteiger partial charge in [0.25, 0.3) is 5.91 Å². The summed E-state index contributed by atoms with van der Waals surface area (Å²) in [7, 11) is 0. The van der Waals surface area contributed by atoms with E-state index in [4.69, 9.17) is 4.42 Å². The fourth-order valence-electron chi connectivity index (χ4n) is 6.68. The molecule has 1 saturated carbocycles. The molecule has 1 N–H and O–H groups in total. The molecule has 5 aromatic rings. The number of nitrogens with zero attached hydrogens (tertiary/aromatic N) is 8. The number of hydrogen-bond acceptors (Lipinski definition) is 9. The lowest BCUT2D eigenvalue weighted by atomic mass is 10.0. The third-order valence-corrected chi connectivity index (χ3v) is 9.02. The average molecular weight is 644 g/mol. The Balaban J connectivity index is 1.01. The second-order valence-corrected chi connectivity index (χ2v) is 12.1. The van der Waals surface area contributed by atoms with Gasteiger partial charge in [0.05, 0.1) is 12.0 Å². The summed E-state index contributed by atoms with van der Waals surface area (Å²) in [6.07, 6.45) is 2.24. The molecule has 3 aromatic heterocycles. The summed E-state index contributed by atoms with van der Waals surface area (Å²) in [4.78, 5) is 39.4. The number of amides is 2. The average Bonchev–Trinajstić information content (AvgIpc) is 3.37. The number of nitrogens with one attached hydrogen (secondary N) is 1. The highest BCUT2D eigenvalue weighted by atomic mass is 19.3. The zero-order valence-electron chi connectivity index (χ0n) is 24.8. The normalized spacial score (nSPS) is 22.9. The SMILES string of the molecule is O=C(Nc1ccc2oc(-c3ccnc(C(=O)N4C5CCC4CN([C@H](c4ccccc4)c4nnn(C(F)F)n4)C5)c3)nc2c1)[C@@H]1C[C@@H]1F. The number of fused-ring (bicyclic) bond motifs is 3. The van der Waals surface area contributed by atoms with Crippen LogP contribution in [-0.2, 0) is 4.79 Å². The summed E-state index contributed by atoms with van der Waals surface area (Å²) >= 11 is 0. The summed E-state index contributed by atoms with van der Waals surface area (Å²) < 4.78 is 45.9. The summed E-state index contributed by atoms with van der Waals surface area (Å²) in [5.41, 5.74) is 3.13. The van der Waals surface area contributed by atoms with E-state index in [9.17, 15) is 22.8 Å². The second-order valence-electron chi connectivity index (χ2n) is 12.1. The number of carbonyl (C=O) groups excluding carboxylic acids is 2. The predicted molar refractivity (Wildman–Crippen MR) is 161 cm³/mol. The lowest BCUT2D eigenvalue weighted by molar-refractivity contribution is -0.117. The Labute approximate surface area is 265 Å². The molecule has 15 heteroatoms. The molecule has 5 atom stereocenters. The number of oxazole rings is 1. The molecule has 2 aliphatic heterocycles. The van der Waals surface area contributed by atoms with Crippen molar-refractivity contribution in [2.75, 3.05) is 18.4 Å². The number of halogens is 3. The molecule has 2 saturated heterocycles. The molecule has 2 unspecified atom stereocenters. The Morgan fingerprint density at radius 3 is 2.47 bits per heavy atom. The highest BCUT2D eigenvalue weighted by Gasteiger charge is 2.46. The van der Waals surface area contributed by atoms with Crippen LogP contribution in [-0.4, -0.2) is 83.1 Å². The zero-order chi connectivity index (χ0) is 32.2. The molecule has 0 spiro atoms. The van der Waals surface area contributed by atoms with Crippen LogP contribution in [0.4, 0.5) is 18.9 Å². The van der Waals surface area contributed by atoms with Crippen molar-refractivity contribution >= 4 is 28.6 Å². The maximum Gasteiger partial charge on any atom is 0.350 e. The number of piperazine rings is 1. The summed E-state index contributed by atoms with van der Waals surface area (Å²) in [6.45, 7) is -1.93. The van der Waals surface area contributed by atoms with Crippen molar-refractivity contribution in [1.29, 1.82) is 0 Å². The van der Waals surface area contributed by atoms with E-state index in [1.807, 2.05) is 35.2 Å². The maximum atomic E-state index is 13.9. The quantitative estimate of drug-likeness (QED) is 0.257. The second kappa shape index (κ2) is 11.6. The molecule has 2 aromatic carbocycles. The number of pyridine rings is 1. The van der Waals surface area contributed by atoms with Crippen LogP contribution in [0.1, 0.15) is 53.7 Å². The molecule has 3 aliphatic rings. The minimum Gasteiger partial charge on any atom is -0.436 e. The number of benzene rings is 2. The van der Waals surface area contributed by atoms with Gasteiger partial charge in [-0.3, -0.25) is 19.5 Å². The first-order valence-electron chi connectivity index (χ1n) is 15.3. The monoisotopic (exact) mass is 643 g/mol. The van der Waals surface area contributed by atoms with E-state index in [2.05, 4.69) is 35.6 Å². The number of hydrogen-bond donors (Lipinski definition) is 1. The van der Waals surface area contributed by atoms with E-state index in [0.717, 1.165) is 18.4 Å². The van der Waals surface area contributed by atoms with Crippen LogP contribution in [0.2, 0.25) is 0 Å². The Hall–Kier alpha value is -5.18. The molecule has 1 aliphatic carbocycles. The molecule has 12 nitrogen and oxygen atoms in total. The van der Waals surface area contributed by atoms with Gasteiger partial charge in [0.2, 0.25) is 11.8 Å². The Kier molecular flexibility index (Phi) is 7.19. The molecule has 47 heavy (non-hydrogen) atoms. The van der Waals surface area contributed by atoms with E-state index < -0.39 is 24.7 Å². The topological polar surface area (TPSA) is 135 Å². The van der Waals surface area contributed by atoms with E-state index >= 15 is 0 Å². The Morgan fingerprint density at radius 1 is 1.00 bits per heavy atom. The lowest BCUT2D eigenvalue weighted by Crippen LogP contribution is -2.56. The zero-order valence-corrected chi connectivity index (χ0v) is 24.8. The van der Waals surface area contributed by atoms with Gasteiger partial charge in [-0.1, -0.05) is 35.1 Å². The maximum absolute atomic E-state index is 13.9. The van der Waals surface area contributed by atoms with Crippen LogP contribution in [0.25, 0.3) is 22.6 Å². The van der Waals surface area contributed by atoms with Crippen LogP contribution < -0.4 is 5.32 Å². The minimum atomic E-state index is -2.90. The van der Waals surface area contributed by atoms with Crippen LogP contribution in [0, 0.1) is 5.92 Å². The van der Waals surface area contributed by atoms with Gasteiger partial charge in [0.15, 0.2) is 11.4 Å². The molecule has 5 heterocycles. The van der Waals surface area contributed by atoms with Crippen molar-refractivity contribution < 1.29 is 27.2 Å². The standard InChI is InChI=1S/C32H28F3N9O3/c33-23-14-22(23)29(45)37-19-6-9-26-24(13-19)38-30(47-26)18-10-11-36-25(12-18)31(46)43-20-7-8-21(43)16-42(15-20)27(17-4-2-1-3-5-17)28-39-41-44(40-28)32(34)35/h1-6,9-13,20-23,27,32H,7-8,14-16H2,(H,37,45)/t20?,21?,22-,23+,27-/m1/s1. The largest absolute Gasteiger partial charge is 0.436 e. The van der Waals surface area contributed by atoms with Gasteiger partial charge in [0, 0.05) is 42.6 Å². The molecule has 2 bridgehead atoms. The third-order valence-electron chi connectivity index (χ3n) is 9.02. The first kappa shape index (κ1) is 29.2. The van der Waals surface area contributed by atoms with Crippen LogP contribution in [0.15, 0.2) is 71.3 Å². The van der Waals surface area contributed by atoms with Gasteiger partial charge in [0.1, 0.15) is 17.4 Å². The number of carbonyl (C=O) groups is 2. The molecule has 3 fully saturated rings. The van der Waals surface area contributed by atoms with Gasteiger partial charge < -0.3 is 14.6 Å². The number of likely N-dealkylation sites (tertiary alicyclic amines) is 1. The van der Waals surface area contributed by atoms with E-state index in [1.54, 1.807) is 30.3 Å². The van der Waals surface area contributed by atoms with Gasteiger partial charge in [-0.05, 0) is 60.4 Å². The summed E-state index contributed by atoms with van der Waals surface area (Å²) in [5.74, 6) is -0.728. The first-order chi connectivity index (χ1) is 22.8. The van der Waals surface area contributed by atoms with Gasteiger partial charge >= 0.3 is 6.55 Å². The van der Waals surface area contributed by atoms with Crippen LogP contribution in [0.5, 0.6) is 0 Å². The lowest BCUT2D eigenvalue weighted by Gasteiger charge is -2.43. The van der Waals surface area contributed by atoms with Crippen molar-refractivity contribution in [3.05, 3.63) is 83.9 Å². The summed E-state index contributed by atoms with van der Waals surface area (Å²) in [5, 5.41) is 14.2. The molecule has 0 radical (unpaired) electrons. The first-order valence-corrected chi connectivity index (χ1v) is 15.3. The fraction of sp³-hybridized carbons (Fsp3) is 0.344. The fourth-order valence-corrected chi connectivity index (χ4v) is 6.68. The van der Waals surface area contributed by atoms with E-state index in [-0.39, 0.29) is 47.7 Å². The van der Waals surface area contributed by atoms with Crippen molar-refractivity contribution in [1.82, 2.24) is 40.0 Å². The molecular weight excluding hydrogens is 615 g/mol. The van der Waals surface area contributed by atoms with Crippen molar-refractivity contribution in [3.63, 3.8) is 0 Å². The van der Waals surface area contributed by atoms with Crippen molar-refractivity contribution in [3.8, 4) is 11.5 Å². The minimum absolute atomic E-state index is 0.135. The Bertz CT molecular complexity index is 1950. The van der Waals surface area contributed by atoms with Crippen molar-refractivity contribution in [2.24, 2.45) is 5.92 Å². The smallest absolute Gasteiger partial charge is 0.350 e. The number of alkyl halides is 3. The number of anilines is 1. The number of aromatic nitrogens is 6. The number of tetrazole rings is 1. The highest BCUT2D eigenvalue weighted by Crippen LogP contribution is 2.38. The molecule has 8 rings (SSSR count). The molecule has 2 amide bonds. The van der Waals surface area contributed by atoms with Gasteiger partial charge in [-0.2, -0.15) is 8.78 Å². The summed E-state index contributed by atoms with van der Waals surface area (Å²) in [6, 6.07) is 17.0. The van der Waals surface area contributed by atoms with Gasteiger partial charge in [-0.25, -0.2) is 9.37 Å². The van der Waals surface area contributed by atoms with Crippen LogP contribution >= 0.6 is 0 Å².